The molecule has 6 nitrogen and oxygen atoms in total. The normalized spacial score (nSPS) is 14.7. The summed E-state index contributed by atoms with van der Waals surface area (Å²) in [5.74, 6) is 0. The van der Waals surface area contributed by atoms with Gasteiger partial charge < -0.3 is 4.98 Å². The van der Waals surface area contributed by atoms with Gasteiger partial charge in [0, 0.05) is 22.6 Å². The average Bonchev–Trinajstić information content (AvgIpc) is 2.96. The minimum absolute atomic E-state index is 0.531. The number of aromatic amines is 1. The molecule has 0 aliphatic heterocycles. The van der Waals surface area contributed by atoms with E-state index in [-0.39, 0.29) is 0 Å². The Balaban J connectivity index is 1.72. The van der Waals surface area contributed by atoms with E-state index in [0.717, 1.165) is 42.7 Å². The Morgan fingerprint density at radius 1 is 1.36 bits per heavy atom. The third-order valence-corrected chi connectivity index (χ3v) is 4.38. The highest BCUT2D eigenvalue weighted by Crippen LogP contribution is 2.28. The minimum atomic E-state index is -0.644. The second-order valence-corrected chi connectivity index (χ2v) is 6.02. The van der Waals surface area contributed by atoms with Crippen LogP contribution in [0, 0.1) is 18.3 Å². The molecule has 0 fully saturated rings. The van der Waals surface area contributed by atoms with Crippen molar-refractivity contribution < 1.29 is 9.63 Å². The van der Waals surface area contributed by atoms with E-state index < -0.39 is 6.09 Å². The molecule has 6 heteroatoms. The first kappa shape index (κ1) is 16.8. The molecule has 1 heterocycles. The van der Waals surface area contributed by atoms with Crippen LogP contribution in [0.1, 0.15) is 47.8 Å². The van der Waals surface area contributed by atoms with Crippen LogP contribution in [-0.4, -0.2) is 16.8 Å². The molecule has 128 valence electrons. The SMILES string of the molecule is CCc1c(C)[nH]c2c1/C(=N/OC(=O)Nc1ccc(C#N)cc1)CCC2. The maximum atomic E-state index is 12.0. The van der Waals surface area contributed by atoms with Gasteiger partial charge in [-0.25, -0.2) is 4.79 Å². The predicted molar refractivity (Wildman–Crippen MR) is 95.6 cm³/mol. The Morgan fingerprint density at radius 3 is 2.80 bits per heavy atom. The summed E-state index contributed by atoms with van der Waals surface area (Å²) in [6, 6.07) is 8.59. The summed E-state index contributed by atoms with van der Waals surface area (Å²) in [4.78, 5) is 20.5. The number of nitrogens with one attached hydrogen (secondary N) is 2. The quantitative estimate of drug-likeness (QED) is 0.654. The highest BCUT2D eigenvalue weighted by molar-refractivity contribution is 6.04. The highest BCUT2D eigenvalue weighted by Gasteiger charge is 2.23. The zero-order valence-corrected chi connectivity index (χ0v) is 14.3. The lowest BCUT2D eigenvalue weighted by Gasteiger charge is -2.15. The molecule has 1 aliphatic rings. The fourth-order valence-corrected chi connectivity index (χ4v) is 3.23. The number of anilines is 1. The van der Waals surface area contributed by atoms with Gasteiger partial charge in [-0.05, 0) is 62.4 Å². The van der Waals surface area contributed by atoms with Gasteiger partial charge in [-0.1, -0.05) is 12.1 Å². The van der Waals surface area contributed by atoms with Crippen LogP contribution >= 0.6 is 0 Å². The summed E-state index contributed by atoms with van der Waals surface area (Å²) in [7, 11) is 0. The maximum absolute atomic E-state index is 12.0. The number of aryl methyl sites for hydroxylation is 2. The molecular formula is C19H20N4O2. The Bertz CT molecular complexity index is 857. The van der Waals surface area contributed by atoms with E-state index in [4.69, 9.17) is 10.1 Å². The topological polar surface area (TPSA) is 90.3 Å². The molecule has 25 heavy (non-hydrogen) atoms. The van der Waals surface area contributed by atoms with Crippen molar-refractivity contribution in [2.45, 2.75) is 39.5 Å². The van der Waals surface area contributed by atoms with E-state index in [9.17, 15) is 4.79 Å². The molecule has 1 amide bonds. The number of oxime groups is 1. The van der Waals surface area contributed by atoms with E-state index in [1.165, 1.54) is 11.3 Å². The van der Waals surface area contributed by atoms with Gasteiger partial charge in [0.15, 0.2) is 0 Å². The Morgan fingerprint density at radius 2 is 2.12 bits per heavy atom. The lowest BCUT2D eigenvalue weighted by atomic mass is 9.92. The molecule has 2 N–H and O–H groups in total. The molecule has 1 aliphatic carbocycles. The number of hydrogen-bond donors (Lipinski definition) is 2. The molecule has 1 aromatic heterocycles. The number of carbonyl (C=O) groups excluding carboxylic acids is 1. The number of carbonyl (C=O) groups is 1. The second-order valence-electron chi connectivity index (χ2n) is 6.02. The van der Waals surface area contributed by atoms with Crippen LogP contribution in [0.15, 0.2) is 29.4 Å². The molecule has 0 bridgehead atoms. The molecule has 0 spiro atoms. The van der Waals surface area contributed by atoms with E-state index in [2.05, 4.69) is 29.3 Å². The predicted octanol–water partition coefficient (Wildman–Crippen LogP) is 4.05. The van der Waals surface area contributed by atoms with Crippen LogP contribution in [0.3, 0.4) is 0 Å². The van der Waals surface area contributed by atoms with Crippen LogP contribution in [0.2, 0.25) is 0 Å². The lowest BCUT2D eigenvalue weighted by Crippen LogP contribution is -2.16. The standard InChI is InChI=1S/C19H20N4O2/c1-3-15-12(2)21-16-5-4-6-17(18(15)16)23-25-19(24)22-14-9-7-13(11-20)8-10-14/h7-10,21H,3-6H2,1-2H3,(H,22,24)/b23-17+. The van der Waals surface area contributed by atoms with Crippen LogP contribution < -0.4 is 5.32 Å². The number of amides is 1. The number of hydrogen-bond acceptors (Lipinski definition) is 4. The molecule has 0 saturated carbocycles. The van der Waals surface area contributed by atoms with Gasteiger partial charge in [0.1, 0.15) is 0 Å². The van der Waals surface area contributed by atoms with Crippen LogP contribution in [-0.2, 0) is 17.7 Å². The first-order valence-corrected chi connectivity index (χ1v) is 8.38. The van der Waals surface area contributed by atoms with E-state index in [0.29, 0.717) is 11.3 Å². The number of aromatic nitrogens is 1. The highest BCUT2D eigenvalue weighted by atomic mass is 16.7. The van der Waals surface area contributed by atoms with Crippen molar-refractivity contribution in [1.82, 2.24) is 4.98 Å². The molecule has 3 rings (SSSR count). The molecular weight excluding hydrogens is 316 g/mol. The number of benzene rings is 1. The molecule has 0 saturated heterocycles. The van der Waals surface area contributed by atoms with Gasteiger partial charge in [0.2, 0.25) is 0 Å². The zero-order chi connectivity index (χ0) is 17.8. The van der Waals surface area contributed by atoms with Crippen LogP contribution in [0.4, 0.5) is 10.5 Å². The molecule has 0 unspecified atom stereocenters. The number of H-pyrrole nitrogens is 1. The van der Waals surface area contributed by atoms with Gasteiger partial charge in [0.25, 0.3) is 0 Å². The van der Waals surface area contributed by atoms with Gasteiger partial charge in [-0.2, -0.15) is 5.26 Å². The Kier molecular flexibility index (Phi) is 4.85. The molecule has 2 aromatic rings. The van der Waals surface area contributed by atoms with Crippen molar-refractivity contribution >= 4 is 17.5 Å². The molecule has 0 atom stereocenters. The van der Waals surface area contributed by atoms with Gasteiger partial charge in [-0.15, -0.1) is 0 Å². The molecule has 1 aromatic carbocycles. The third kappa shape index (κ3) is 3.56. The third-order valence-electron chi connectivity index (χ3n) is 4.38. The summed E-state index contributed by atoms with van der Waals surface area (Å²) in [5.41, 5.74) is 6.59. The average molecular weight is 336 g/mol. The number of rotatable bonds is 3. The van der Waals surface area contributed by atoms with Crippen LogP contribution in [0.25, 0.3) is 0 Å². The first-order chi connectivity index (χ1) is 12.1. The largest absolute Gasteiger partial charge is 0.437 e. The van der Waals surface area contributed by atoms with Crippen molar-refractivity contribution in [3.63, 3.8) is 0 Å². The van der Waals surface area contributed by atoms with E-state index in [1.54, 1.807) is 24.3 Å². The number of nitrogens with zero attached hydrogens (tertiary/aromatic N) is 2. The molecule has 0 radical (unpaired) electrons. The first-order valence-electron chi connectivity index (χ1n) is 8.38. The van der Waals surface area contributed by atoms with E-state index >= 15 is 0 Å². The van der Waals surface area contributed by atoms with Gasteiger partial charge >= 0.3 is 6.09 Å². The summed E-state index contributed by atoms with van der Waals surface area (Å²) in [6.45, 7) is 4.17. The van der Waals surface area contributed by atoms with Crippen molar-refractivity contribution in [2.75, 3.05) is 5.32 Å². The van der Waals surface area contributed by atoms with Crippen molar-refractivity contribution in [3.8, 4) is 6.07 Å². The van der Waals surface area contributed by atoms with E-state index in [1.807, 2.05) is 6.07 Å². The minimum Gasteiger partial charge on any atom is -0.362 e. The summed E-state index contributed by atoms with van der Waals surface area (Å²) in [5, 5.41) is 15.5. The number of nitriles is 1. The summed E-state index contributed by atoms with van der Waals surface area (Å²) in [6.07, 6.45) is 3.03. The van der Waals surface area contributed by atoms with Crippen molar-refractivity contribution in [2.24, 2.45) is 5.16 Å². The fraction of sp³-hybridized carbons (Fsp3) is 0.316. The second kappa shape index (κ2) is 7.22. The smallest absolute Gasteiger partial charge is 0.362 e. The van der Waals surface area contributed by atoms with Gasteiger partial charge in [-0.3, -0.25) is 10.2 Å². The van der Waals surface area contributed by atoms with Crippen molar-refractivity contribution in [3.05, 3.63) is 52.3 Å². The maximum Gasteiger partial charge on any atom is 0.437 e. The van der Waals surface area contributed by atoms with Crippen molar-refractivity contribution in [1.29, 1.82) is 5.26 Å². The zero-order valence-electron chi connectivity index (χ0n) is 14.3. The Hall–Kier alpha value is -3.07. The fourth-order valence-electron chi connectivity index (χ4n) is 3.23. The lowest BCUT2D eigenvalue weighted by molar-refractivity contribution is 0.166. The Labute approximate surface area is 146 Å². The summed E-state index contributed by atoms with van der Waals surface area (Å²) < 4.78 is 0. The monoisotopic (exact) mass is 336 g/mol. The van der Waals surface area contributed by atoms with Gasteiger partial charge in [0.05, 0.1) is 17.3 Å². The van der Waals surface area contributed by atoms with Crippen LogP contribution in [0.5, 0.6) is 0 Å². The summed E-state index contributed by atoms with van der Waals surface area (Å²) >= 11 is 0. The number of fused-ring (bicyclic) bond motifs is 1.